The fraction of sp³-hybridized carbons (Fsp3) is 0.435. The van der Waals surface area contributed by atoms with Crippen molar-refractivity contribution in [2.45, 2.75) is 19.4 Å². The lowest BCUT2D eigenvalue weighted by Crippen LogP contribution is -2.32. The van der Waals surface area contributed by atoms with Gasteiger partial charge < -0.3 is 29.6 Å². The molecule has 0 saturated heterocycles. The molecule has 1 aliphatic rings. The monoisotopic (exact) mass is 431 g/mol. The maximum atomic E-state index is 13.5. The summed E-state index contributed by atoms with van der Waals surface area (Å²) in [7, 11) is 1.65. The third-order valence-corrected chi connectivity index (χ3v) is 4.51. The highest BCUT2D eigenvalue weighted by Gasteiger charge is 2.11. The number of hydrogen-bond donors (Lipinski definition) is 2. The summed E-state index contributed by atoms with van der Waals surface area (Å²) in [6.45, 7) is 4.07. The first-order valence-electron chi connectivity index (χ1n) is 10.5. The van der Waals surface area contributed by atoms with Crippen molar-refractivity contribution in [3.05, 3.63) is 53.8 Å². The Morgan fingerprint density at radius 1 is 1.06 bits per heavy atom. The number of guanidine groups is 1. The number of ether oxygens (including phenoxy) is 4. The van der Waals surface area contributed by atoms with Crippen LogP contribution < -0.4 is 20.1 Å². The first-order chi connectivity index (χ1) is 15.2. The summed E-state index contributed by atoms with van der Waals surface area (Å²) in [5, 5.41) is 6.59. The van der Waals surface area contributed by atoms with Gasteiger partial charge in [0.15, 0.2) is 17.5 Å². The van der Waals surface area contributed by atoms with Crippen LogP contribution in [0.5, 0.6) is 11.5 Å². The molecule has 168 valence electrons. The molecule has 0 fully saturated rings. The standard InChI is InChI=1S/C23H30FN3O4/c1-28-13-14-29-10-3-9-25-23(26-17-18-5-2-6-19(24)15-18)27-20-7-8-21-22(16-20)31-12-4-11-30-21/h2,5-8,15-16H,3-4,9-14,17H2,1H3,(H2,25,26,27). The first kappa shape index (κ1) is 22.8. The Balaban J connectivity index is 1.62. The van der Waals surface area contributed by atoms with Crippen LogP contribution in [-0.2, 0) is 16.0 Å². The molecule has 2 aromatic rings. The van der Waals surface area contributed by atoms with Gasteiger partial charge in [-0.1, -0.05) is 12.1 Å². The van der Waals surface area contributed by atoms with Gasteiger partial charge in [0, 0.05) is 38.4 Å². The van der Waals surface area contributed by atoms with Crippen LogP contribution in [0.25, 0.3) is 0 Å². The predicted molar refractivity (Wildman–Crippen MR) is 119 cm³/mol. The van der Waals surface area contributed by atoms with Crippen molar-refractivity contribution in [3.8, 4) is 11.5 Å². The van der Waals surface area contributed by atoms with Gasteiger partial charge in [-0.15, -0.1) is 0 Å². The maximum Gasteiger partial charge on any atom is 0.196 e. The van der Waals surface area contributed by atoms with E-state index in [4.69, 9.17) is 18.9 Å². The molecular formula is C23H30FN3O4. The average Bonchev–Trinajstić information content (AvgIpc) is 3.02. The molecule has 1 heterocycles. The van der Waals surface area contributed by atoms with Crippen LogP contribution in [0.2, 0.25) is 0 Å². The number of hydrogen-bond acceptors (Lipinski definition) is 5. The average molecular weight is 432 g/mol. The van der Waals surface area contributed by atoms with Crippen molar-refractivity contribution in [3.63, 3.8) is 0 Å². The summed E-state index contributed by atoms with van der Waals surface area (Å²) in [5.41, 5.74) is 1.62. The Morgan fingerprint density at radius 3 is 2.77 bits per heavy atom. The fourth-order valence-electron chi connectivity index (χ4n) is 2.95. The van der Waals surface area contributed by atoms with E-state index in [0.29, 0.717) is 57.8 Å². The second-order valence-corrected chi connectivity index (χ2v) is 7.02. The van der Waals surface area contributed by atoms with Gasteiger partial charge in [-0.3, -0.25) is 0 Å². The van der Waals surface area contributed by atoms with E-state index in [2.05, 4.69) is 15.6 Å². The van der Waals surface area contributed by atoms with Crippen LogP contribution in [-0.4, -0.2) is 52.6 Å². The molecule has 0 amide bonds. The van der Waals surface area contributed by atoms with E-state index in [1.165, 1.54) is 12.1 Å². The van der Waals surface area contributed by atoms with Crippen LogP contribution in [0.4, 0.5) is 10.1 Å². The zero-order valence-electron chi connectivity index (χ0n) is 17.9. The lowest BCUT2D eigenvalue weighted by Gasteiger charge is -2.15. The Labute approximate surface area is 182 Å². The molecule has 1 aliphatic heterocycles. The number of anilines is 1. The van der Waals surface area contributed by atoms with Crippen molar-refractivity contribution in [2.24, 2.45) is 4.99 Å². The van der Waals surface area contributed by atoms with Gasteiger partial charge >= 0.3 is 0 Å². The lowest BCUT2D eigenvalue weighted by atomic mass is 10.2. The Bertz CT molecular complexity index is 847. The molecule has 0 unspecified atom stereocenters. The minimum absolute atomic E-state index is 0.272. The van der Waals surface area contributed by atoms with Crippen LogP contribution in [0, 0.1) is 5.82 Å². The number of methoxy groups -OCH3 is 1. The molecule has 2 aromatic carbocycles. The fourth-order valence-corrected chi connectivity index (χ4v) is 2.95. The largest absolute Gasteiger partial charge is 0.490 e. The van der Waals surface area contributed by atoms with Crippen molar-refractivity contribution >= 4 is 11.6 Å². The normalized spacial score (nSPS) is 13.5. The van der Waals surface area contributed by atoms with Crippen molar-refractivity contribution in [1.82, 2.24) is 5.32 Å². The molecule has 7 nitrogen and oxygen atoms in total. The molecule has 8 heteroatoms. The van der Waals surface area contributed by atoms with Crippen LogP contribution in [0.1, 0.15) is 18.4 Å². The summed E-state index contributed by atoms with van der Waals surface area (Å²) >= 11 is 0. The van der Waals surface area contributed by atoms with Crippen molar-refractivity contribution in [1.29, 1.82) is 0 Å². The topological polar surface area (TPSA) is 73.3 Å². The van der Waals surface area contributed by atoms with E-state index < -0.39 is 0 Å². The Kier molecular flexibility index (Phi) is 9.40. The van der Waals surface area contributed by atoms with E-state index in [-0.39, 0.29) is 5.82 Å². The predicted octanol–water partition coefficient (Wildman–Crippen LogP) is 3.60. The molecule has 0 bridgehead atoms. The summed E-state index contributed by atoms with van der Waals surface area (Å²) in [6.07, 6.45) is 1.66. The molecule has 0 aromatic heterocycles. The van der Waals surface area contributed by atoms with Gasteiger partial charge in [0.25, 0.3) is 0 Å². The number of nitrogens with zero attached hydrogens (tertiary/aromatic N) is 1. The van der Waals surface area contributed by atoms with Crippen LogP contribution in [0.15, 0.2) is 47.5 Å². The molecule has 0 atom stereocenters. The van der Waals surface area contributed by atoms with E-state index in [0.717, 1.165) is 29.8 Å². The second-order valence-electron chi connectivity index (χ2n) is 7.02. The molecule has 0 aliphatic carbocycles. The molecule has 0 spiro atoms. The molecule has 0 saturated carbocycles. The second kappa shape index (κ2) is 12.8. The number of fused-ring (bicyclic) bond motifs is 1. The van der Waals surface area contributed by atoms with E-state index >= 15 is 0 Å². The van der Waals surface area contributed by atoms with Crippen molar-refractivity contribution in [2.75, 3.05) is 52.0 Å². The lowest BCUT2D eigenvalue weighted by molar-refractivity contribution is 0.0699. The van der Waals surface area contributed by atoms with Crippen molar-refractivity contribution < 1.29 is 23.3 Å². The van der Waals surface area contributed by atoms with Crippen LogP contribution in [0.3, 0.4) is 0 Å². The number of aliphatic imine (C=N–C) groups is 1. The number of benzene rings is 2. The molecule has 3 rings (SSSR count). The minimum atomic E-state index is -0.272. The maximum absolute atomic E-state index is 13.5. The highest BCUT2D eigenvalue weighted by atomic mass is 19.1. The Morgan fingerprint density at radius 2 is 1.94 bits per heavy atom. The van der Waals surface area contributed by atoms with Gasteiger partial charge in [-0.2, -0.15) is 0 Å². The van der Waals surface area contributed by atoms with Crippen LogP contribution >= 0.6 is 0 Å². The molecular weight excluding hydrogens is 401 g/mol. The number of halogens is 1. The molecule has 2 N–H and O–H groups in total. The van der Waals surface area contributed by atoms with Gasteiger partial charge in [0.05, 0.1) is 33.0 Å². The van der Waals surface area contributed by atoms with Gasteiger partial charge in [0.2, 0.25) is 0 Å². The highest BCUT2D eigenvalue weighted by molar-refractivity contribution is 5.93. The van der Waals surface area contributed by atoms with Gasteiger partial charge in [-0.05, 0) is 36.2 Å². The number of nitrogens with one attached hydrogen (secondary N) is 2. The smallest absolute Gasteiger partial charge is 0.196 e. The summed E-state index contributed by atoms with van der Waals surface area (Å²) in [4.78, 5) is 4.60. The zero-order valence-corrected chi connectivity index (χ0v) is 17.9. The summed E-state index contributed by atoms with van der Waals surface area (Å²) < 4.78 is 35.4. The summed E-state index contributed by atoms with van der Waals surface area (Å²) in [5.74, 6) is 1.77. The number of rotatable bonds is 10. The van der Waals surface area contributed by atoms with E-state index in [1.54, 1.807) is 13.2 Å². The third kappa shape index (κ3) is 8.07. The Hall–Kier alpha value is -2.84. The zero-order chi connectivity index (χ0) is 21.7. The third-order valence-electron chi connectivity index (χ3n) is 4.51. The van der Waals surface area contributed by atoms with E-state index in [1.807, 2.05) is 24.3 Å². The highest BCUT2D eigenvalue weighted by Crippen LogP contribution is 2.32. The van der Waals surface area contributed by atoms with E-state index in [9.17, 15) is 4.39 Å². The molecule has 31 heavy (non-hydrogen) atoms. The minimum Gasteiger partial charge on any atom is -0.490 e. The quantitative estimate of drug-likeness (QED) is 0.340. The first-order valence-corrected chi connectivity index (χ1v) is 10.5. The van der Waals surface area contributed by atoms with Gasteiger partial charge in [-0.25, -0.2) is 9.38 Å². The summed E-state index contributed by atoms with van der Waals surface area (Å²) in [6, 6.07) is 12.1. The molecule has 0 radical (unpaired) electrons. The van der Waals surface area contributed by atoms with Gasteiger partial charge in [0.1, 0.15) is 5.82 Å². The SMILES string of the molecule is COCCOCCCNC(=NCc1cccc(F)c1)Nc1ccc2c(c1)OCCCO2.